The number of benzene rings is 1. The second kappa shape index (κ2) is 4.22. The third-order valence-electron chi connectivity index (χ3n) is 2.68. The zero-order valence-corrected chi connectivity index (χ0v) is 10.2. The molecule has 1 heterocycles. The molecular formula is C13H15ClN2. The van der Waals surface area contributed by atoms with E-state index in [4.69, 9.17) is 17.3 Å². The van der Waals surface area contributed by atoms with E-state index in [1.54, 1.807) is 0 Å². The van der Waals surface area contributed by atoms with Crippen molar-refractivity contribution >= 4 is 17.4 Å². The van der Waals surface area contributed by atoms with Gasteiger partial charge in [-0.15, -0.1) is 0 Å². The Kier molecular flexibility index (Phi) is 2.92. The van der Waals surface area contributed by atoms with Crippen molar-refractivity contribution < 1.29 is 0 Å². The average molecular weight is 235 g/mol. The van der Waals surface area contributed by atoms with Gasteiger partial charge in [0.25, 0.3) is 0 Å². The third kappa shape index (κ3) is 1.81. The zero-order chi connectivity index (χ0) is 11.7. The average Bonchev–Trinajstić information content (AvgIpc) is 2.61. The van der Waals surface area contributed by atoms with Crippen LogP contribution in [0, 0.1) is 0 Å². The maximum Gasteiger partial charge on any atom is 0.111 e. The summed E-state index contributed by atoms with van der Waals surface area (Å²) in [6, 6.07) is 10.1. The molecule has 0 fully saturated rings. The van der Waals surface area contributed by atoms with Crippen LogP contribution in [0.25, 0.3) is 11.1 Å². The number of anilines is 1. The summed E-state index contributed by atoms with van der Waals surface area (Å²) in [5, 5.41) is 0.732. The summed E-state index contributed by atoms with van der Waals surface area (Å²) in [5.74, 6) is 0.767. The van der Waals surface area contributed by atoms with Crippen LogP contribution in [0.2, 0.25) is 5.02 Å². The van der Waals surface area contributed by atoms with Gasteiger partial charge >= 0.3 is 0 Å². The summed E-state index contributed by atoms with van der Waals surface area (Å²) < 4.78 is 2.04. The standard InChI is InChI=1S/C13H15ClN2/c1-9(2)16-8-7-11(13(16)15)10-5-3-4-6-12(10)14/h3-9H,15H2,1-2H3. The zero-order valence-electron chi connectivity index (χ0n) is 9.44. The van der Waals surface area contributed by atoms with Crippen molar-refractivity contribution in [2.45, 2.75) is 19.9 Å². The van der Waals surface area contributed by atoms with Crippen molar-refractivity contribution in [3.05, 3.63) is 41.6 Å². The normalized spacial score (nSPS) is 11.0. The van der Waals surface area contributed by atoms with Gasteiger partial charge < -0.3 is 10.3 Å². The Morgan fingerprint density at radius 3 is 2.38 bits per heavy atom. The van der Waals surface area contributed by atoms with Gasteiger partial charge in [-0.3, -0.25) is 0 Å². The minimum absolute atomic E-state index is 0.358. The Bertz CT molecular complexity index is 500. The lowest BCUT2D eigenvalue weighted by Crippen LogP contribution is -2.04. The van der Waals surface area contributed by atoms with Crippen molar-refractivity contribution in [2.75, 3.05) is 5.73 Å². The first-order chi connectivity index (χ1) is 7.61. The molecule has 0 amide bonds. The van der Waals surface area contributed by atoms with Crippen LogP contribution >= 0.6 is 11.6 Å². The molecule has 2 rings (SSSR count). The molecule has 0 saturated heterocycles. The van der Waals surface area contributed by atoms with E-state index >= 15 is 0 Å². The molecule has 3 heteroatoms. The van der Waals surface area contributed by atoms with E-state index in [2.05, 4.69) is 13.8 Å². The Labute approximate surface area is 101 Å². The van der Waals surface area contributed by atoms with Gasteiger partial charge in [0.1, 0.15) is 5.82 Å². The molecule has 0 spiro atoms. The topological polar surface area (TPSA) is 30.9 Å². The van der Waals surface area contributed by atoms with Crippen LogP contribution in [0.1, 0.15) is 19.9 Å². The Balaban J connectivity index is 2.54. The molecule has 1 aromatic carbocycles. The van der Waals surface area contributed by atoms with Gasteiger partial charge in [-0.2, -0.15) is 0 Å². The Morgan fingerprint density at radius 2 is 1.81 bits per heavy atom. The molecule has 0 aliphatic rings. The van der Waals surface area contributed by atoms with Crippen molar-refractivity contribution in [1.82, 2.24) is 4.57 Å². The lowest BCUT2D eigenvalue weighted by Gasteiger charge is -2.11. The molecule has 16 heavy (non-hydrogen) atoms. The van der Waals surface area contributed by atoms with Crippen molar-refractivity contribution in [2.24, 2.45) is 0 Å². The van der Waals surface area contributed by atoms with E-state index in [-0.39, 0.29) is 0 Å². The third-order valence-corrected chi connectivity index (χ3v) is 3.01. The van der Waals surface area contributed by atoms with Gasteiger partial charge in [0, 0.05) is 28.4 Å². The van der Waals surface area contributed by atoms with E-state index in [9.17, 15) is 0 Å². The largest absolute Gasteiger partial charge is 0.385 e. The van der Waals surface area contributed by atoms with Crippen LogP contribution in [-0.4, -0.2) is 4.57 Å². The summed E-state index contributed by atoms with van der Waals surface area (Å²) in [6.45, 7) is 4.21. The predicted molar refractivity (Wildman–Crippen MR) is 69.7 cm³/mol. The number of halogens is 1. The fourth-order valence-electron chi connectivity index (χ4n) is 1.82. The molecule has 1 aromatic heterocycles. The van der Waals surface area contributed by atoms with Gasteiger partial charge in [-0.1, -0.05) is 29.8 Å². The molecule has 2 N–H and O–H groups in total. The van der Waals surface area contributed by atoms with Crippen LogP contribution in [0.5, 0.6) is 0 Å². The highest BCUT2D eigenvalue weighted by Crippen LogP contribution is 2.33. The maximum absolute atomic E-state index is 6.15. The summed E-state index contributed by atoms with van der Waals surface area (Å²) in [5.41, 5.74) is 8.10. The predicted octanol–water partition coefficient (Wildman–Crippen LogP) is 3.97. The highest BCUT2D eigenvalue weighted by Gasteiger charge is 2.11. The van der Waals surface area contributed by atoms with Crippen molar-refractivity contribution in [3.8, 4) is 11.1 Å². The number of rotatable bonds is 2. The number of aromatic nitrogens is 1. The first kappa shape index (κ1) is 11.1. The molecule has 0 aliphatic heterocycles. The molecule has 0 unspecified atom stereocenters. The summed E-state index contributed by atoms with van der Waals surface area (Å²) in [4.78, 5) is 0. The van der Waals surface area contributed by atoms with Gasteiger partial charge in [0.2, 0.25) is 0 Å². The number of nitrogens with zero attached hydrogens (tertiary/aromatic N) is 1. The smallest absolute Gasteiger partial charge is 0.111 e. The quantitative estimate of drug-likeness (QED) is 0.838. The van der Waals surface area contributed by atoms with E-state index in [0.717, 1.165) is 22.0 Å². The van der Waals surface area contributed by atoms with Crippen molar-refractivity contribution in [1.29, 1.82) is 0 Å². The molecule has 2 nitrogen and oxygen atoms in total. The van der Waals surface area contributed by atoms with Crippen LogP contribution < -0.4 is 5.73 Å². The highest BCUT2D eigenvalue weighted by molar-refractivity contribution is 6.33. The van der Waals surface area contributed by atoms with Crippen molar-refractivity contribution in [3.63, 3.8) is 0 Å². The molecule has 2 aromatic rings. The monoisotopic (exact) mass is 234 g/mol. The molecule has 0 saturated carbocycles. The molecular weight excluding hydrogens is 220 g/mol. The van der Waals surface area contributed by atoms with Crippen LogP contribution in [0.15, 0.2) is 36.5 Å². The fourth-order valence-corrected chi connectivity index (χ4v) is 2.05. The summed E-state index contributed by atoms with van der Waals surface area (Å²) >= 11 is 6.15. The SMILES string of the molecule is CC(C)n1ccc(-c2ccccc2Cl)c1N. The number of nitrogens with two attached hydrogens (primary N) is 1. The molecule has 84 valence electrons. The summed E-state index contributed by atoms with van der Waals surface area (Å²) in [6.07, 6.45) is 2.00. The first-order valence-corrected chi connectivity index (χ1v) is 5.70. The molecule has 0 aliphatic carbocycles. The van der Waals surface area contributed by atoms with Crippen LogP contribution in [0.4, 0.5) is 5.82 Å². The first-order valence-electron chi connectivity index (χ1n) is 5.32. The highest BCUT2D eigenvalue weighted by atomic mass is 35.5. The number of nitrogen functional groups attached to an aromatic ring is 1. The fraction of sp³-hybridized carbons (Fsp3) is 0.231. The van der Waals surface area contributed by atoms with Crippen LogP contribution in [-0.2, 0) is 0 Å². The lowest BCUT2D eigenvalue weighted by molar-refractivity contribution is 0.612. The second-order valence-corrected chi connectivity index (χ2v) is 4.50. The minimum atomic E-state index is 0.358. The molecule has 0 atom stereocenters. The molecule has 0 bridgehead atoms. The second-order valence-electron chi connectivity index (χ2n) is 4.10. The van der Waals surface area contributed by atoms with E-state index in [1.807, 2.05) is 41.1 Å². The van der Waals surface area contributed by atoms with Gasteiger partial charge in [0.15, 0.2) is 0 Å². The van der Waals surface area contributed by atoms with E-state index < -0.39 is 0 Å². The van der Waals surface area contributed by atoms with E-state index in [0.29, 0.717) is 6.04 Å². The van der Waals surface area contributed by atoms with Crippen LogP contribution in [0.3, 0.4) is 0 Å². The lowest BCUT2D eigenvalue weighted by atomic mass is 10.1. The Hall–Kier alpha value is -1.41. The minimum Gasteiger partial charge on any atom is -0.385 e. The summed E-state index contributed by atoms with van der Waals surface area (Å²) in [7, 11) is 0. The number of hydrogen-bond acceptors (Lipinski definition) is 1. The number of hydrogen-bond donors (Lipinski definition) is 1. The maximum atomic E-state index is 6.15. The van der Waals surface area contributed by atoms with Gasteiger partial charge in [-0.25, -0.2) is 0 Å². The molecule has 0 radical (unpaired) electrons. The van der Waals surface area contributed by atoms with Gasteiger partial charge in [0.05, 0.1) is 0 Å². The van der Waals surface area contributed by atoms with Gasteiger partial charge in [-0.05, 0) is 26.0 Å². The van der Waals surface area contributed by atoms with E-state index in [1.165, 1.54) is 0 Å². The Morgan fingerprint density at radius 1 is 1.12 bits per heavy atom.